The number of halogens is 1. The van der Waals surface area contributed by atoms with Crippen molar-refractivity contribution < 1.29 is 4.42 Å². The Balaban J connectivity index is 1.91. The van der Waals surface area contributed by atoms with Gasteiger partial charge in [-0.1, -0.05) is 0 Å². The molecule has 0 aliphatic heterocycles. The Morgan fingerprint density at radius 1 is 1.24 bits per heavy atom. The first-order chi connectivity index (χ1) is 12.1. The van der Waals surface area contributed by atoms with Crippen LogP contribution < -0.4 is 16.8 Å². The number of anilines is 3. The van der Waals surface area contributed by atoms with Gasteiger partial charge in [-0.25, -0.2) is 9.97 Å². The number of nitrogens with two attached hydrogens (primary N) is 2. The van der Waals surface area contributed by atoms with Gasteiger partial charge in [0.1, 0.15) is 23.5 Å². The summed E-state index contributed by atoms with van der Waals surface area (Å²) in [6.07, 6.45) is 3.16. The van der Waals surface area contributed by atoms with Crippen LogP contribution in [0.5, 0.6) is 0 Å². The third-order valence-electron chi connectivity index (χ3n) is 3.67. The number of hydrogen-bond acceptors (Lipinski definition) is 8. The van der Waals surface area contributed by atoms with Gasteiger partial charge in [0.05, 0.1) is 11.3 Å². The highest BCUT2D eigenvalue weighted by Crippen LogP contribution is 2.24. The molecule has 0 atom stereocenters. The predicted octanol–water partition coefficient (Wildman–Crippen LogP) is 2.63. The van der Waals surface area contributed by atoms with E-state index in [-0.39, 0.29) is 17.5 Å². The zero-order valence-corrected chi connectivity index (χ0v) is 14.2. The van der Waals surface area contributed by atoms with Gasteiger partial charge in [-0.05, 0) is 31.0 Å². The first-order valence-electron chi connectivity index (χ1n) is 7.76. The summed E-state index contributed by atoms with van der Waals surface area (Å²) in [6.45, 7) is 0.683. The van der Waals surface area contributed by atoms with Crippen LogP contribution in [0.1, 0.15) is 24.0 Å². The molecule has 0 aliphatic carbocycles. The van der Waals surface area contributed by atoms with E-state index in [9.17, 15) is 0 Å². The summed E-state index contributed by atoms with van der Waals surface area (Å²) in [6, 6.07) is 5.28. The quantitative estimate of drug-likeness (QED) is 0.289. The van der Waals surface area contributed by atoms with E-state index in [0.29, 0.717) is 40.5 Å². The lowest BCUT2D eigenvalue weighted by Gasteiger charge is -2.13. The molecule has 0 fully saturated rings. The number of oxazole rings is 1. The lowest BCUT2D eigenvalue weighted by Crippen LogP contribution is -2.14. The second-order valence-electron chi connectivity index (χ2n) is 5.41. The lowest BCUT2D eigenvalue weighted by atomic mass is 10.0. The van der Waals surface area contributed by atoms with Gasteiger partial charge in [-0.15, -0.1) is 11.6 Å². The van der Waals surface area contributed by atoms with Crippen molar-refractivity contribution in [3.8, 4) is 0 Å². The molecule has 1 aromatic carbocycles. The highest BCUT2D eigenvalue weighted by Gasteiger charge is 2.17. The van der Waals surface area contributed by atoms with Gasteiger partial charge in [-0.2, -0.15) is 4.98 Å². The molecule has 0 bridgehead atoms. The highest BCUT2D eigenvalue weighted by molar-refractivity contribution is 6.18. The van der Waals surface area contributed by atoms with Crippen LogP contribution in [-0.4, -0.2) is 33.1 Å². The number of benzene rings is 1. The SMILES string of the molecule is N=C(c1ccc2oc(N)nc2c1)c1c(N)ncnc1NCCCCCl. The number of fused-ring (bicyclic) bond motifs is 1. The Bertz CT molecular complexity index is 909. The molecule has 0 spiro atoms. The number of alkyl halides is 1. The fourth-order valence-corrected chi connectivity index (χ4v) is 2.64. The largest absolute Gasteiger partial charge is 0.424 e. The number of nitrogens with zero attached hydrogens (tertiary/aromatic N) is 3. The van der Waals surface area contributed by atoms with Crippen LogP contribution in [0.3, 0.4) is 0 Å². The van der Waals surface area contributed by atoms with E-state index < -0.39 is 0 Å². The smallest absolute Gasteiger partial charge is 0.292 e. The molecule has 0 amide bonds. The molecule has 25 heavy (non-hydrogen) atoms. The molecule has 130 valence electrons. The fourth-order valence-electron chi connectivity index (χ4n) is 2.45. The van der Waals surface area contributed by atoms with Crippen LogP contribution >= 0.6 is 11.6 Å². The Labute approximate surface area is 149 Å². The molecule has 6 N–H and O–H groups in total. The minimum absolute atomic E-state index is 0.0860. The summed E-state index contributed by atoms with van der Waals surface area (Å²) < 4.78 is 5.26. The number of nitrogen functional groups attached to an aromatic ring is 2. The normalized spacial score (nSPS) is 10.9. The maximum Gasteiger partial charge on any atom is 0.292 e. The highest BCUT2D eigenvalue weighted by atomic mass is 35.5. The summed E-state index contributed by atoms with van der Waals surface area (Å²) in [5, 5.41) is 11.7. The average molecular weight is 360 g/mol. The van der Waals surface area contributed by atoms with Gasteiger partial charge in [0.25, 0.3) is 6.01 Å². The molecule has 3 rings (SSSR count). The first kappa shape index (κ1) is 17.0. The van der Waals surface area contributed by atoms with E-state index in [1.165, 1.54) is 6.33 Å². The molecule has 2 heterocycles. The number of rotatable bonds is 7. The van der Waals surface area contributed by atoms with E-state index in [2.05, 4.69) is 20.3 Å². The van der Waals surface area contributed by atoms with Crippen molar-refractivity contribution in [1.29, 1.82) is 5.41 Å². The van der Waals surface area contributed by atoms with Gasteiger partial charge in [0.2, 0.25) is 0 Å². The maximum atomic E-state index is 8.54. The second kappa shape index (κ2) is 7.35. The monoisotopic (exact) mass is 359 g/mol. The van der Waals surface area contributed by atoms with Gasteiger partial charge >= 0.3 is 0 Å². The number of nitrogens with one attached hydrogen (secondary N) is 2. The molecular weight excluding hydrogens is 342 g/mol. The van der Waals surface area contributed by atoms with Crippen LogP contribution in [0.15, 0.2) is 28.9 Å². The van der Waals surface area contributed by atoms with E-state index in [1.54, 1.807) is 18.2 Å². The van der Waals surface area contributed by atoms with E-state index in [4.69, 9.17) is 32.9 Å². The second-order valence-corrected chi connectivity index (χ2v) is 5.79. The maximum absolute atomic E-state index is 8.54. The van der Waals surface area contributed by atoms with Crippen molar-refractivity contribution in [2.75, 3.05) is 29.2 Å². The van der Waals surface area contributed by atoms with Crippen LogP contribution in [-0.2, 0) is 0 Å². The molecule has 0 saturated carbocycles. The van der Waals surface area contributed by atoms with Crippen LogP contribution in [0.2, 0.25) is 0 Å². The zero-order chi connectivity index (χ0) is 17.8. The third kappa shape index (κ3) is 3.63. The molecule has 8 nitrogen and oxygen atoms in total. The van der Waals surface area contributed by atoms with Crippen molar-refractivity contribution in [2.24, 2.45) is 0 Å². The summed E-state index contributed by atoms with van der Waals surface area (Å²) >= 11 is 5.69. The van der Waals surface area contributed by atoms with Crippen molar-refractivity contribution in [3.05, 3.63) is 35.7 Å². The molecule has 2 aromatic heterocycles. The van der Waals surface area contributed by atoms with Gasteiger partial charge in [0.15, 0.2) is 5.58 Å². The Kier molecular flexibility index (Phi) is 4.99. The minimum atomic E-state index is 0.0860. The lowest BCUT2D eigenvalue weighted by molar-refractivity contribution is 0.626. The summed E-state index contributed by atoms with van der Waals surface area (Å²) in [4.78, 5) is 12.3. The van der Waals surface area contributed by atoms with E-state index in [0.717, 1.165) is 12.8 Å². The van der Waals surface area contributed by atoms with Crippen molar-refractivity contribution >= 4 is 46.1 Å². The van der Waals surface area contributed by atoms with Crippen molar-refractivity contribution in [3.63, 3.8) is 0 Å². The first-order valence-corrected chi connectivity index (χ1v) is 8.29. The fraction of sp³-hybridized carbons (Fsp3) is 0.250. The molecule has 9 heteroatoms. The third-order valence-corrected chi connectivity index (χ3v) is 3.94. The topological polar surface area (TPSA) is 140 Å². The summed E-state index contributed by atoms with van der Waals surface area (Å²) in [5.41, 5.74) is 14.0. The Morgan fingerprint density at radius 3 is 2.88 bits per heavy atom. The van der Waals surface area contributed by atoms with Gasteiger partial charge < -0.3 is 21.2 Å². The van der Waals surface area contributed by atoms with E-state index in [1.807, 2.05) is 0 Å². The number of aromatic nitrogens is 3. The molecule has 0 radical (unpaired) electrons. The van der Waals surface area contributed by atoms with Gasteiger partial charge in [-0.3, -0.25) is 5.41 Å². The molecule has 3 aromatic rings. The van der Waals surface area contributed by atoms with E-state index >= 15 is 0 Å². The average Bonchev–Trinajstić information content (AvgIpc) is 2.97. The molecule has 0 saturated heterocycles. The van der Waals surface area contributed by atoms with Crippen LogP contribution in [0.25, 0.3) is 11.1 Å². The molecule has 0 aliphatic rings. The van der Waals surface area contributed by atoms with Crippen LogP contribution in [0.4, 0.5) is 17.7 Å². The predicted molar refractivity (Wildman–Crippen MR) is 99.2 cm³/mol. The Morgan fingerprint density at radius 2 is 2.08 bits per heavy atom. The van der Waals surface area contributed by atoms with Crippen LogP contribution in [0, 0.1) is 5.41 Å². The number of hydrogen-bond donors (Lipinski definition) is 4. The van der Waals surface area contributed by atoms with Gasteiger partial charge in [0, 0.05) is 18.0 Å². The Hall–Kier alpha value is -2.87. The number of unbranched alkanes of at least 4 members (excludes halogenated alkanes) is 1. The summed E-state index contributed by atoms with van der Waals surface area (Å²) in [5.74, 6) is 1.36. The van der Waals surface area contributed by atoms with Crippen molar-refractivity contribution in [2.45, 2.75) is 12.8 Å². The molecule has 0 unspecified atom stereocenters. The zero-order valence-electron chi connectivity index (χ0n) is 13.4. The molecular formula is C16H18ClN7O. The van der Waals surface area contributed by atoms with Crippen molar-refractivity contribution in [1.82, 2.24) is 15.0 Å². The minimum Gasteiger partial charge on any atom is -0.424 e. The summed E-state index contributed by atoms with van der Waals surface area (Å²) in [7, 11) is 0. The standard InChI is InChI=1S/C16H18ClN7O/c17-5-1-2-6-21-15-12(14(19)22-8-23-15)13(18)9-3-4-11-10(7-9)24-16(20)25-11/h3-4,7-8,18H,1-2,5-6H2,(H2,20,24)(H3,19,21,22,23).